The second-order valence-electron chi connectivity index (χ2n) is 8.13. The lowest BCUT2D eigenvalue weighted by molar-refractivity contribution is 0.146. The Kier molecular flexibility index (Phi) is 7.10. The maximum Gasteiger partial charge on any atom is 0.312 e. The number of para-hydroxylation sites is 1. The number of hydrogen-bond acceptors (Lipinski definition) is 8. The summed E-state index contributed by atoms with van der Waals surface area (Å²) in [6.07, 6.45) is 2.18. The Labute approximate surface area is 204 Å². The largest absolute Gasteiger partial charge is 0.500 e. The molecular weight excluding hydrogens is 466 g/mol. The predicted molar refractivity (Wildman–Crippen MR) is 134 cm³/mol. The van der Waals surface area contributed by atoms with E-state index >= 15 is 0 Å². The smallest absolute Gasteiger partial charge is 0.312 e. The number of sulfone groups is 1. The number of hydrogen-bond donors (Lipinski definition) is 1. The molecule has 1 aliphatic heterocycles. The van der Waals surface area contributed by atoms with E-state index in [1.165, 1.54) is 6.26 Å². The molecule has 4 rings (SSSR count). The third-order valence-corrected chi connectivity index (χ3v) is 6.46. The van der Waals surface area contributed by atoms with E-state index in [0.29, 0.717) is 54.6 Å². The second-order valence-corrected chi connectivity index (χ2v) is 10.1. The zero-order chi connectivity index (χ0) is 25.0. The average Bonchev–Trinajstić information content (AvgIpc) is 3.20. The lowest BCUT2D eigenvalue weighted by Crippen LogP contribution is -2.06. The van der Waals surface area contributed by atoms with Crippen molar-refractivity contribution >= 4 is 38.4 Å². The van der Waals surface area contributed by atoms with E-state index in [9.17, 15) is 8.42 Å². The third kappa shape index (κ3) is 5.65. The molecule has 0 aliphatic carbocycles. The molecular formula is C25H25N5O4S. The summed E-state index contributed by atoms with van der Waals surface area (Å²) in [7, 11) is -1.85. The summed E-state index contributed by atoms with van der Waals surface area (Å²) >= 11 is 0. The highest BCUT2D eigenvalue weighted by Crippen LogP contribution is 2.37. The first-order chi connectivity index (χ1) is 16.8. The Bertz CT molecular complexity index is 1440. The minimum absolute atomic E-state index is 0.180. The summed E-state index contributed by atoms with van der Waals surface area (Å²) in [5.41, 5.74) is 4.97. The molecule has 0 fully saturated rings. The van der Waals surface area contributed by atoms with Gasteiger partial charge in [-0.25, -0.2) is 8.42 Å². The number of anilines is 2. The van der Waals surface area contributed by atoms with Crippen LogP contribution < -0.4 is 10.1 Å². The van der Waals surface area contributed by atoms with E-state index in [-0.39, 0.29) is 10.7 Å². The molecule has 3 aromatic rings. The summed E-state index contributed by atoms with van der Waals surface area (Å²) in [5.74, 6) is 0.589. The van der Waals surface area contributed by atoms with Crippen molar-refractivity contribution < 1.29 is 17.9 Å². The normalized spacial score (nSPS) is 12.6. The third-order valence-electron chi connectivity index (χ3n) is 5.31. The molecule has 1 aromatic carbocycles. The minimum Gasteiger partial charge on any atom is -0.500 e. The monoisotopic (exact) mass is 491 g/mol. The zero-order valence-corrected chi connectivity index (χ0v) is 20.5. The van der Waals surface area contributed by atoms with Crippen LogP contribution in [0.5, 0.6) is 5.75 Å². The number of ether oxygens (including phenoxy) is 2. The van der Waals surface area contributed by atoms with E-state index in [1.807, 2.05) is 13.0 Å². The van der Waals surface area contributed by atoms with Gasteiger partial charge in [-0.05, 0) is 37.3 Å². The summed E-state index contributed by atoms with van der Waals surface area (Å²) in [6.45, 7) is 10.1. The van der Waals surface area contributed by atoms with Crippen LogP contribution in [-0.2, 0) is 27.4 Å². The first-order valence-corrected chi connectivity index (χ1v) is 12.8. The van der Waals surface area contributed by atoms with Crippen LogP contribution >= 0.6 is 0 Å². The van der Waals surface area contributed by atoms with Gasteiger partial charge in [0.05, 0.1) is 40.7 Å². The van der Waals surface area contributed by atoms with Crippen LogP contribution in [0.4, 0.5) is 22.9 Å². The van der Waals surface area contributed by atoms with E-state index in [4.69, 9.17) is 21.0 Å². The fourth-order valence-electron chi connectivity index (χ4n) is 3.78. The topological polar surface area (TPSA) is 107 Å². The van der Waals surface area contributed by atoms with Gasteiger partial charge in [-0.1, -0.05) is 18.7 Å². The standard InChI is InChI=1S/C25H25N5O4S/c1-16-13-20-24(27-16)21(30-19-7-5-6-8-23(19)35(4,31)32)15-18(28-20)14-17-9-10-22(25(26-2)29-17)34-12-11-33-3/h5-10,15H,11-14H2,1,3-4H3,(H,28,30). The Hall–Kier alpha value is -3.81. The van der Waals surface area contributed by atoms with Crippen LogP contribution in [0, 0.1) is 6.57 Å². The first kappa shape index (κ1) is 24.3. The highest BCUT2D eigenvalue weighted by Gasteiger charge is 2.21. The van der Waals surface area contributed by atoms with Crippen molar-refractivity contribution in [2.45, 2.75) is 24.7 Å². The van der Waals surface area contributed by atoms with Gasteiger partial charge in [0.2, 0.25) is 0 Å². The average molecular weight is 492 g/mol. The lowest BCUT2D eigenvalue weighted by Gasteiger charge is -2.14. The maximum atomic E-state index is 12.3. The SMILES string of the molecule is [C-]#[N+]c1nc(Cc2cc(Nc3ccccc3S(C)(=O)=O)c3c(n2)CC(C)=N3)ccc1OCCOC. The number of nitrogens with zero attached hydrogens (tertiary/aromatic N) is 4. The number of benzene rings is 1. The van der Waals surface area contributed by atoms with E-state index in [0.717, 1.165) is 17.1 Å². The molecule has 1 N–H and O–H groups in total. The Morgan fingerprint density at radius 2 is 1.89 bits per heavy atom. The van der Waals surface area contributed by atoms with Gasteiger partial charge in [0.25, 0.3) is 0 Å². The van der Waals surface area contributed by atoms with Crippen molar-refractivity contribution in [1.29, 1.82) is 0 Å². The van der Waals surface area contributed by atoms with Crippen molar-refractivity contribution in [3.63, 3.8) is 0 Å². The lowest BCUT2D eigenvalue weighted by atomic mass is 10.1. The molecule has 10 heteroatoms. The Balaban J connectivity index is 1.66. The van der Waals surface area contributed by atoms with E-state index in [2.05, 4.69) is 20.1 Å². The quantitative estimate of drug-likeness (QED) is 0.348. The number of nitrogens with one attached hydrogen (secondary N) is 1. The molecule has 2 aromatic heterocycles. The van der Waals surface area contributed by atoms with Gasteiger partial charge in [0.15, 0.2) is 9.84 Å². The number of methoxy groups -OCH3 is 1. The summed E-state index contributed by atoms with van der Waals surface area (Å²) in [6, 6.07) is 12.1. The highest BCUT2D eigenvalue weighted by atomic mass is 32.2. The van der Waals surface area contributed by atoms with Crippen molar-refractivity contribution in [2.24, 2.45) is 4.99 Å². The van der Waals surface area contributed by atoms with Crippen LogP contribution in [-0.4, -0.2) is 50.7 Å². The number of fused-ring (bicyclic) bond motifs is 1. The summed E-state index contributed by atoms with van der Waals surface area (Å²) in [5, 5.41) is 3.26. The second kappa shape index (κ2) is 10.2. The number of rotatable bonds is 9. The van der Waals surface area contributed by atoms with Crippen molar-refractivity contribution in [1.82, 2.24) is 9.97 Å². The zero-order valence-electron chi connectivity index (χ0n) is 19.7. The highest BCUT2D eigenvalue weighted by molar-refractivity contribution is 7.90. The van der Waals surface area contributed by atoms with Gasteiger partial charge in [-0.15, -0.1) is 4.98 Å². The van der Waals surface area contributed by atoms with Crippen LogP contribution in [0.25, 0.3) is 4.85 Å². The van der Waals surface area contributed by atoms with Crippen molar-refractivity contribution in [3.05, 3.63) is 71.0 Å². The molecule has 9 nitrogen and oxygen atoms in total. The Morgan fingerprint density at radius 1 is 1.09 bits per heavy atom. The first-order valence-electron chi connectivity index (χ1n) is 10.9. The number of pyridine rings is 2. The fraction of sp³-hybridized carbons (Fsp3) is 0.280. The van der Waals surface area contributed by atoms with Crippen LogP contribution in [0.15, 0.2) is 52.4 Å². The number of aromatic nitrogens is 2. The molecule has 0 unspecified atom stereocenters. The van der Waals surface area contributed by atoms with Crippen molar-refractivity contribution in [2.75, 3.05) is 31.9 Å². The molecule has 3 heterocycles. The van der Waals surface area contributed by atoms with Gasteiger partial charge in [0, 0.05) is 25.5 Å². The molecule has 0 radical (unpaired) electrons. The minimum atomic E-state index is -3.43. The molecule has 1 aliphatic rings. The molecule has 0 atom stereocenters. The molecule has 0 bridgehead atoms. The van der Waals surface area contributed by atoms with Gasteiger partial charge < -0.3 is 19.6 Å². The van der Waals surface area contributed by atoms with E-state index in [1.54, 1.807) is 43.5 Å². The molecule has 0 spiro atoms. The van der Waals surface area contributed by atoms with Crippen LogP contribution in [0.1, 0.15) is 24.0 Å². The predicted octanol–water partition coefficient (Wildman–Crippen LogP) is 4.44. The molecule has 0 saturated carbocycles. The van der Waals surface area contributed by atoms with Gasteiger partial charge in [-0.2, -0.15) is 0 Å². The summed E-state index contributed by atoms with van der Waals surface area (Å²) in [4.78, 5) is 17.5. The van der Waals surface area contributed by atoms with Gasteiger partial charge in [-0.3, -0.25) is 9.98 Å². The maximum absolute atomic E-state index is 12.3. The fourth-order valence-corrected chi connectivity index (χ4v) is 4.62. The Morgan fingerprint density at radius 3 is 2.63 bits per heavy atom. The molecule has 0 amide bonds. The van der Waals surface area contributed by atoms with Gasteiger partial charge in [0.1, 0.15) is 23.7 Å². The summed E-state index contributed by atoms with van der Waals surface area (Å²) < 4.78 is 35.1. The van der Waals surface area contributed by atoms with Crippen LogP contribution in [0.2, 0.25) is 0 Å². The van der Waals surface area contributed by atoms with Crippen LogP contribution in [0.3, 0.4) is 0 Å². The molecule has 180 valence electrons. The number of aliphatic imine (C=N–C) groups is 1. The van der Waals surface area contributed by atoms with Crippen molar-refractivity contribution in [3.8, 4) is 5.75 Å². The van der Waals surface area contributed by atoms with Gasteiger partial charge >= 0.3 is 5.82 Å². The molecule has 0 saturated heterocycles. The van der Waals surface area contributed by atoms with E-state index < -0.39 is 9.84 Å². The molecule has 35 heavy (non-hydrogen) atoms.